The molecule has 0 amide bonds. The predicted molar refractivity (Wildman–Crippen MR) is 51.7 cm³/mol. The van der Waals surface area contributed by atoms with Gasteiger partial charge in [-0.3, -0.25) is 14.9 Å². The molecule has 5 heteroatoms. The van der Waals surface area contributed by atoms with Crippen LogP contribution in [0.25, 0.3) is 0 Å². The van der Waals surface area contributed by atoms with Crippen molar-refractivity contribution in [1.29, 1.82) is 0 Å². The Balaban J connectivity index is 4.43. The summed E-state index contributed by atoms with van der Waals surface area (Å²) in [5.74, 6) is -1.55. The van der Waals surface area contributed by atoms with Crippen molar-refractivity contribution in [2.75, 3.05) is 0 Å². The quantitative estimate of drug-likeness (QED) is 0.528. The lowest BCUT2D eigenvalue weighted by Gasteiger charge is -2.19. The Morgan fingerprint density at radius 2 is 2.07 bits per heavy atom. The molecule has 5 nitrogen and oxygen atoms in total. The first-order chi connectivity index (χ1) is 6.31. The summed E-state index contributed by atoms with van der Waals surface area (Å²) in [6.07, 6.45) is 1.31. The maximum atomic E-state index is 10.8. The number of nitrogens with zero attached hydrogens (tertiary/aromatic N) is 1. The van der Waals surface area contributed by atoms with Gasteiger partial charge in [0.05, 0.1) is 5.92 Å². The zero-order chi connectivity index (χ0) is 11.4. The molecule has 0 radical (unpaired) electrons. The van der Waals surface area contributed by atoms with Crippen LogP contribution in [0.2, 0.25) is 0 Å². The van der Waals surface area contributed by atoms with E-state index < -0.39 is 22.3 Å². The van der Waals surface area contributed by atoms with Gasteiger partial charge in [-0.15, -0.1) is 0 Å². The third-order valence-electron chi connectivity index (χ3n) is 2.23. The van der Waals surface area contributed by atoms with Crippen molar-refractivity contribution >= 4 is 5.97 Å². The van der Waals surface area contributed by atoms with E-state index in [-0.39, 0.29) is 6.42 Å². The monoisotopic (exact) mass is 203 g/mol. The van der Waals surface area contributed by atoms with Gasteiger partial charge in [-0.1, -0.05) is 13.3 Å². The van der Waals surface area contributed by atoms with Gasteiger partial charge in [0.2, 0.25) is 5.54 Å². The molecule has 0 heterocycles. The largest absolute Gasteiger partial charge is 0.481 e. The molecular weight excluding hydrogens is 186 g/mol. The van der Waals surface area contributed by atoms with Crippen molar-refractivity contribution in [2.24, 2.45) is 5.92 Å². The van der Waals surface area contributed by atoms with Crippen LogP contribution in [0.5, 0.6) is 0 Å². The fraction of sp³-hybridized carbons (Fsp3) is 0.889. The molecule has 0 saturated heterocycles. The SMILES string of the molecule is CCCC(CC(C)(C)[N+](=O)[O-])C(=O)O. The molecule has 0 aromatic carbocycles. The van der Waals surface area contributed by atoms with E-state index in [4.69, 9.17) is 5.11 Å². The number of carboxylic acids is 1. The topological polar surface area (TPSA) is 80.4 Å². The van der Waals surface area contributed by atoms with Gasteiger partial charge in [0, 0.05) is 25.2 Å². The smallest absolute Gasteiger partial charge is 0.306 e. The maximum absolute atomic E-state index is 10.8. The zero-order valence-corrected chi connectivity index (χ0v) is 8.82. The van der Waals surface area contributed by atoms with E-state index in [0.717, 1.165) is 6.42 Å². The number of nitro groups is 1. The summed E-state index contributed by atoms with van der Waals surface area (Å²) in [6, 6.07) is 0. The number of hydrogen-bond donors (Lipinski definition) is 1. The Hall–Kier alpha value is -1.13. The number of carbonyl (C=O) groups is 1. The molecule has 0 aliphatic rings. The van der Waals surface area contributed by atoms with Gasteiger partial charge in [0.15, 0.2) is 0 Å². The molecule has 82 valence electrons. The molecule has 0 spiro atoms. The van der Waals surface area contributed by atoms with Gasteiger partial charge in [0.25, 0.3) is 0 Å². The third kappa shape index (κ3) is 3.72. The van der Waals surface area contributed by atoms with E-state index in [2.05, 4.69) is 0 Å². The second kappa shape index (κ2) is 4.93. The predicted octanol–water partition coefficient (Wildman–Crippen LogP) is 1.93. The molecule has 0 rings (SSSR count). The second-order valence-electron chi connectivity index (χ2n) is 4.10. The summed E-state index contributed by atoms with van der Waals surface area (Å²) < 4.78 is 0. The summed E-state index contributed by atoms with van der Waals surface area (Å²) >= 11 is 0. The molecule has 0 aromatic rings. The Labute approximate surface area is 83.3 Å². The lowest BCUT2D eigenvalue weighted by atomic mass is 9.88. The van der Waals surface area contributed by atoms with Gasteiger partial charge in [-0.05, 0) is 6.42 Å². The molecule has 1 N–H and O–H groups in total. The standard InChI is InChI=1S/C9H17NO4/c1-4-5-7(8(11)12)6-9(2,3)10(13)14/h7H,4-6H2,1-3H3,(H,11,12). The molecule has 14 heavy (non-hydrogen) atoms. The summed E-state index contributed by atoms with van der Waals surface area (Å²) in [5.41, 5.74) is -1.15. The van der Waals surface area contributed by atoms with E-state index in [0.29, 0.717) is 6.42 Å². The highest BCUT2D eigenvalue weighted by molar-refractivity contribution is 5.70. The Kier molecular flexibility index (Phi) is 4.53. The van der Waals surface area contributed by atoms with Crippen LogP contribution in [0.3, 0.4) is 0 Å². The van der Waals surface area contributed by atoms with Crippen LogP contribution in [0, 0.1) is 16.0 Å². The molecule has 1 atom stereocenters. The fourth-order valence-electron chi connectivity index (χ4n) is 1.34. The normalized spacial score (nSPS) is 13.6. The maximum Gasteiger partial charge on any atom is 0.306 e. The van der Waals surface area contributed by atoms with E-state index in [1.165, 1.54) is 13.8 Å². The van der Waals surface area contributed by atoms with Crippen molar-refractivity contribution in [3.63, 3.8) is 0 Å². The fourth-order valence-corrected chi connectivity index (χ4v) is 1.34. The van der Waals surface area contributed by atoms with Crippen LogP contribution in [-0.4, -0.2) is 21.5 Å². The summed E-state index contributed by atoms with van der Waals surface area (Å²) in [4.78, 5) is 20.9. The third-order valence-corrected chi connectivity index (χ3v) is 2.23. The minimum absolute atomic E-state index is 0.0865. The molecule has 0 bridgehead atoms. The highest BCUT2D eigenvalue weighted by atomic mass is 16.6. The molecule has 0 aromatic heterocycles. The number of rotatable bonds is 6. The summed E-state index contributed by atoms with van der Waals surface area (Å²) in [7, 11) is 0. The van der Waals surface area contributed by atoms with Gasteiger partial charge in [-0.2, -0.15) is 0 Å². The highest BCUT2D eigenvalue weighted by Crippen LogP contribution is 2.23. The lowest BCUT2D eigenvalue weighted by Crippen LogP contribution is -2.35. The first kappa shape index (κ1) is 12.9. The minimum Gasteiger partial charge on any atom is -0.481 e. The van der Waals surface area contributed by atoms with Crippen molar-refractivity contribution in [3.8, 4) is 0 Å². The summed E-state index contributed by atoms with van der Waals surface area (Å²) in [6.45, 7) is 4.78. The van der Waals surface area contributed by atoms with E-state index in [9.17, 15) is 14.9 Å². The average Bonchev–Trinajstić information content (AvgIpc) is 2.02. The van der Waals surface area contributed by atoms with Crippen LogP contribution >= 0.6 is 0 Å². The van der Waals surface area contributed by atoms with Crippen LogP contribution < -0.4 is 0 Å². The molecule has 0 fully saturated rings. The van der Waals surface area contributed by atoms with Gasteiger partial charge in [-0.25, -0.2) is 0 Å². The summed E-state index contributed by atoms with van der Waals surface area (Å²) in [5, 5.41) is 19.4. The van der Waals surface area contributed by atoms with Gasteiger partial charge in [0.1, 0.15) is 0 Å². The minimum atomic E-state index is -1.15. The van der Waals surface area contributed by atoms with Gasteiger partial charge < -0.3 is 5.11 Å². The second-order valence-corrected chi connectivity index (χ2v) is 4.10. The van der Waals surface area contributed by atoms with Crippen LogP contribution in [0.15, 0.2) is 0 Å². The van der Waals surface area contributed by atoms with Crippen molar-refractivity contribution in [1.82, 2.24) is 0 Å². The van der Waals surface area contributed by atoms with Crippen LogP contribution in [0.4, 0.5) is 0 Å². The molecule has 1 unspecified atom stereocenters. The van der Waals surface area contributed by atoms with E-state index in [1.807, 2.05) is 6.92 Å². The van der Waals surface area contributed by atoms with E-state index >= 15 is 0 Å². The van der Waals surface area contributed by atoms with Crippen molar-refractivity contribution in [2.45, 2.75) is 45.6 Å². The van der Waals surface area contributed by atoms with Crippen molar-refractivity contribution in [3.05, 3.63) is 10.1 Å². The molecular formula is C9H17NO4. The first-order valence-corrected chi connectivity index (χ1v) is 4.68. The lowest BCUT2D eigenvalue weighted by molar-refractivity contribution is -0.562. The number of hydrogen-bond acceptors (Lipinski definition) is 3. The average molecular weight is 203 g/mol. The molecule has 0 saturated carbocycles. The van der Waals surface area contributed by atoms with Gasteiger partial charge >= 0.3 is 5.97 Å². The Bertz CT molecular complexity index is 225. The first-order valence-electron chi connectivity index (χ1n) is 4.68. The Morgan fingerprint density at radius 1 is 1.57 bits per heavy atom. The number of carboxylic acid groups (broad SMARTS) is 1. The number of aliphatic carboxylic acids is 1. The zero-order valence-electron chi connectivity index (χ0n) is 8.82. The van der Waals surface area contributed by atoms with Crippen LogP contribution in [-0.2, 0) is 4.79 Å². The Morgan fingerprint density at radius 3 is 2.36 bits per heavy atom. The van der Waals surface area contributed by atoms with E-state index in [1.54, 1.807) is 0 Å². The van der Waals surface area contributed by atoms with Crippen LogP contribution in [0.1, 0.15) is 40.0 Å². The van der Waals surface area contributed by atoms with Crippen molar-refractivity contribution < 1.29 is 14.8 Å². The highest BCUT2D eigenvalue weighted by Gasteiger charge is 2.36. The molecule has 0 aliphatic heterocycles. The molecule has 0 aliphatic carbocycles.